The Morgan fingerprint density at radius 1 is 1.00 bits per heavy atom. The Morgan fingerprint density at radius 3 is 2.50 bits per heavy atom. The van der Waals surface area contributed by atoms with Crippen LogP contribution in [0.2, 0.25) is 0 Å². The number of fused-ring (bicyclic) bond motifs is 1. The number of benzene rings is 3. The van der Waals surface area contributed by atoms with E-state index in [1.807, 2.05) is 37.3 Å². The molecule has 1 N–H and O–H groups in total. The van der Waals surface area contributed by atoms with E-state index in [1.54, 1.807) is 30.3 Å². The Balaban J connectivity index is 1.30. The molecule has 3 aromatic rings. The quantitative estimate of drug-likeness (QED) is 0.509. The third-order valence-electron chi connectivity index (χ3n) is 6.61. The van der Waals surface area contributed by atoms with Crippen molar-refractivity contribution in [3.05, 3.63) is 83.7 Å². The number of piperazine rings is 1. The smallest absolute Gasteiger partial charge is 0.251 e. The van der Waals surface area contributed by atoms with E-state index in [2.05, 4.69) is 15.1 Å². The highest BCUT2D eigenvalue weighted by Crippen LogP contribution is 2.36. The highest BCUT2D eigenvalue weighted by Gasteiger charge is 2.28. The van der Waals surface area contributed by atoms with Gasteiger partial charge >= 0.3 is 0 Å². The number of hydrogen-bond acceptors (Lipinski definition) is 6. The lowest BCUT2D eigenvalue weighted by atomic mass is 10.0. The third kappa shape index (κ3) is 5.23. The SMILES string of the molecule is CCOc1ccc(C(=O)NC[C@@H](c2ccc3c(c2)OCO3)N2CCN(c3ccccc3F)CC2)cc1. The van der Waals surface area contributed by atoms with Crippen LogP contribution in [0.1, 0.15) is 28.9 Å². The summed E-state index contributed by atoms with van der Waals surface area (Å²) in [7, 11) is 0. The van der Waals surface area contributed by atoms with Crippen molar-refractivity contribution < 1.29 is 23.4 Å². The fourth-order valence-corrected chi connectivity index (χ4v) is 4.72. The lowest BCUT2D eigenvalue weighted by Crippen LogP contribution is -2.50. The molecule has 5 rings (SSSR count). The van der Waals surface area contributed by atoms with E-state index in [0.29, 0.717) is 43.2 Å². The van der Waals surface area contributed by atoms with E-state index >= 15 is 0 Å². The monoisotopic (exact) mass is 491 g/mol. The molecule has 0 aliphatic carbocycles. The van der Waals surface area contributed by atoms with Gasteiger partial charge in [0.15, 0.2) is 11.5 Å². The summed E-state index contributed by atoms with van der Waals surface area (Å²) < 4.78 is 30.9. The fourth-order valence-electron chi connectivity index (χ4n) is 4.72. The van der Waals surface area contributed by atoms with Crippen molar-refractivity contribution in [2.75, 3.05) is 51.0 Å². The first-order valence-corrected chi connectivity index (χ1v) is 12.3. The number of carbonyl (C=O) groups excluding carboxylic acids is 1. The molecule has 188 valence electrons. The summed E-state index contributed by atoms with van der Waals surface area (Å²) in [4.78, 5) is 17.3. The van der Waals surface area contributed by atoms with E-state index in [1.165, 1.54) is 6.07 Å². The van der Waals surface area contributed by atoms with E-state index in [4.69, 9.17) is 14.2 Å². The zero-order chi connectivity index (χ0) is 24.9. The van der Waals surface area contributed by atoms with Crippen LogP contribution in [0.25, 0.3) is 0 Å². The maximum atomic E-state index is 14.3. The number of anilines is 1. The van der Waals surface area contributed by atoms with E-state index < -0.39 is 0 Å². The molecule has 0 unspecified atom stereocenters. The van der Waals surface area contributed by atoms with Crippen molar-refractivity contribution in [2.45, 2.75) is 13.0 Å². The summed E-state index contributed by atoms with van der Waals surface area (Å²) in [6.45, 7) is 5.97. The molecule has 0 bridgehead atoms. The van der Waals surface area contributed by atoms with Gasteiger partial charge < -0.3 is 24.4 Å². The van der Waals surface area contributed by atoms with Crippen LogP contribution >= 0.6 is 0 Å². The predicted octanol–water partition coefficient (Wildman–Crippen LogP) is 4.25. The summed E-state index contributed by atoms with van der Waals surface area (Å²) >= 11 is 0. The van der Waals surface area contributed by atoms with Gasteiger partial charge in [0, 0.05) is 38.3 Å². The van der Waals surface area contributed by atoms with Gasteiger partial charge in [0.2, 0.25) is 6.79 Å². The van der Waals surface area contributed by atoms with E-state index in [0.717, 1.165) is 30.2 Å². The molecule has 8 heteroatoms. The van der Waals surface area contributed by atoms with Crippen LogP contribution in [0.3, 0.4) is 0 Å². The summed E-state index contributed by atoms with van der Waals surface area (Å²) in [5, 5.41) is 3.10. The number of para-hydroxylation sites is 1. The second-order valence-electron chi connectivity index (χ2n) is 8.77. The van der Waals surface area contributed by atoms with Crippen molar-refractivity contribution in [2.24, 2.45) is 0 Å². The van der Waals surface area contributed by atoms with Crippen LogP contribution in [0, 0.1) is 5.82 Å². The number of rotatable bonds is 8. The van der Waals surface area contributed by atoms with E-state index in [9.17, 15) is 9.18 Å². The largest absolute Gasteiger partial charge is 0.494 e. The molecule has 0 saturated carbocycles. The van der Waals surface area contributed by atoms with Crippen LogP contribution in [-0.4, -0.2) is 56.9 Å². The Labute approximate surface area is 210 Å². The highest BCUT2D eigenvalue weighted by molar-refractivity contribution is 5.94. The van der Waals surface area contributed by atoms with Gasteiger partial charge in [-0.05, 0) is 61.0 Å². The third-order valence-corrected chi connectivity index (χ3v) is 6.61. The molecule has 1 saturated heterocycles. The van der Waals surface area contributed by atoms with Gasteiger partial charge in [0.1, 0.15) is 11.6 Å². The Bertz CT molecular complexity index is 1200. The molecule has 0 spiro atoms. The number of carbonyl (C=O) groups is 1. The predicted molar refractivity (Wildman–Crippen MR) is 135 cm³/mol. The molecule has 36 heavy (non-hydrogen) atoms. The minimum atomic E-state index is -0.208. The van der Waals surface area contributed by atoms with Gasteiger partial charge in [-0.15, -0.1) is 0 Å². The first-order valence-electron chi connectivity index (χ1n) is 12.3. The van der Waals surface area contributed by atoms with Crippen molar-refractivity contribution in [1.82, 2.24) is 10.2 Å². The van der Waals surface area contributed by atoms with Gasteiger partial charge in [0.05, 0.1) is 18.3 Å². The highest BCUT2D eigenvalue weighted by atomic mass is 19.1. The van der Waals surface area contributed by atoms with Crippen LogP contribution in [-0.2, 0) is 0 Å². The van der Waals surface area contributed by atoms with Gasteiger partial charge in [-0.25, -0.2) is 4.39 Å². The second-order valence-corrected chi connectivity index (χ2v) is 8.77. The number of nitrogens with one attached hydrogen (secondary N) is 1. The molecule has 0 radical (unpaired) electrons. The van der Waals surface area contributed by atoms with Crippen LogP contribution in [0.4, 0.5) is 10.1 Å². The first-order chi connectivity index (χ1) is 17.6. The maximum Gasteiger partial charge on any atom is 0.251 e. The summed E-state index contributed by atoms with van der Waals surface area (Å²) in [6, 6.07) is 19.9. The van der Waals surface area contributed by atoms with E-state index in [-0.39, 0.29) is 24.6 Å². The molecule has 1 fully saturated rings. The van der Waals surface area contributed by atoms with Crippen LogP contribution in [0.5, 0.6) is 17.2 Å². The van der Waals surface area contributed by atoms with Gasteiger partial charge in [0.25, 0.3) is 5.91 Å². The summed E-state index contributed by atoms with van der Waals surface area (Å²) in [6.07, 6.45) is 0. The van der Waals surface area contributed by atoms with Crippen LogP contribution < -0.4 is 24.4 Å². The Hall–Kier alpha value is -3.78. The molecule has 2 heterocycles. The molecular weight excluding hydrogens is 461 g/mol. The molecule has 1 amide bonds. The number of hydrogen-bond donors (Lipinski definition) is 1. The van der Waals surface area contributed by atoms with Gasteiger partial charge in [-0.3, -0.25) is 9.69 Å². The Kier molecular flexibility index (Phi) is 7.23. The molecule has 3 aromatic carbocycles. The normalized spacial score (nSPS) is 16.0. The average molecular weight is 492 g/mol. The lowest BCUT2D eigenvalue weighted by Gasteiger charge is -2.40. The lowest BCUT2D eigenvalue weighted by molar-refractivity contribution is 0.0930. The minimum absolute atomic E-state index is 0.0751. The molecule has 2 aliphatic heterocycles. The van der Waals surface area contributed by atoms with Gasteiger partial charge in [-0.1, -0.05) is 18.2 Å². The molecule has 1 atom stereocenters. The first kappa shape index (κ1) is 23.9. The molecule has 7 nitrogen and oxygen atoms in total. The van der Waals surface area contributed by atoms with Gasteiger partial charge in [-0.2, -0.15) is 0 Å². The summed E-state index contributed by atoms with van der Waals surface area (Å²) in [5.41, 5.74) is 2.23. The minimum Gasteiger partial charge on any atom is -0.494 e. The topological polar surface area (TPSA) is 63.3 Å². The number of halogens is 1. The second kappa shape index (κ2) is 10.9. The number of nitrogens with zero attached hydrogens (tertiary/aromatic N) is 2. The average Bonchev–Trinajstić information content (AvgIpc) is 3.38. The van der Waals surface area contributed by atoms with Crippen LogP contribution in [0.15, 0.2) is 66.7 Å². The standard InChI is InChI=1S/C28H30FN3O4/c1-2-34-22-10-7-20(8-11-22)28(33)30-18-25(21-9-12-26-27(17-21)36-19-35-26)32-15-13-31(14-16-32)24-6-4-3-5-23(24)29/h3-12,17,25H,2,13-16,18-19H2,1H3,(H,30,33)/t25-/m0/s1. The molecular formula is C28H30FN3O4. The maximum absolute atomic E-state index is 14.3. The number of ether oxygens (including phenoxy) is 3. The van der Waals surface area contributed by atoms with Crippen molar-refractivity contribution in [3.8, 4) is 17.2 Å². The zero-order valence-electron chi connectivity index (χ0n) is 20.3. The zero-order valence-corrected chi connectivity index (χ0v) is 20.3. The van der Waals surface area contributed by atoms with Crippen molar-refractivity contribution in [3.63, 3.8) is 0 Å². The van der Waals surface area contributed by atoms with Crippen molar-refractivity contribution >= 4 is 11.6 Å². The summed E-state index contributed by atoms with van der Waals surface area (Å²) in [5.74, 6) is 1.82. The fraction of sp³-hybridized carbons (Fsp3) is 0.321. The number of amides is 1. The van der Waals surface area contributed by atoms with Crippen molar-refractivity contribution in [1.29, 1.82) is 0 Å². The molecule has 2 aliphatic rings. The molecule has 0 aromatic heterocycles. The Morgan fingerprint density at radius 2 is 1.75 bits per heavy atom.